The number of nitriles is 1. The maximum absolute atomic E-state index is 13.4. The molecule has 5 rings (SSSR count). The van der Waals surface area contributed by atoms with Gasteiger partial charge in [0.05, 0.1) is 28.8 Å². The van der Waals surface area contributed by atoms with Gasteiger partial charge in [-0.2, -0.15) is 15.0 Å². The molecule has 0 amide bonds. The lowest BCUT2D eigenvalue weighted by Gasteiger charge is -2.22. The van der Waals surface area contributed by atoms with E-state index >= 15 is 0 Å². The van der Waals surface area contributed by atoms with Gasteiger partial charge < -0.3 is 4.42 Å². The van der Waals surface area contributed by atoms with E-state index in [4.69, 9.17) is 9.40 Å². The molecule has 2 aromatic heterocycles. The van der Waals surface area contributed by atoms with Crippen molar-refractivity contribution in [2.75, 3.05) is 0 Å². The number of hydrogen-bond acceptors (Lipinski definition) is 5. The van der Waals surface area contributed by atoms with Crippen LogP contribution in [0.4, 0.5) is 0 Å². The molecule has 1 aliphatic rings. The van der Waals surface area contributed by atoms with Crippen LogP contribution in [0.5, 0.6) is 0 Å². The van der Waals surface area contributed by atoms with Crippen molar-refractivity contribution in [2.45, 2.75) is 38.0 Å². The molecule has 0 spiro atoms. The van der Waals surface area contributed by atoms with Gasteiger partial charge in [-0.1, -0.05) is 47.3 Å². The van der Waals surface area contributed by atoms with Crippen molar-refractivity contribution < 1.29 is 4.42 Å². The molecule has 164 valence electrons. The van der Waals surface area contributed by atoms with Crippen LogP contribution in [-0.2, 0) is 0 Å². The molecule has 0 saturated heterocycles. The summed E-state index contributed by atoms with van der Waals surface area (Å²) < 4.78 is 8.17. The topological polar surface area (TPSA) is 84.2 Å². The zero-order chi connectivity index (χ0) is 22.8. The lowest BCUT2D eigenvalue weighted by Crippen LogP contribution is -2.25. The third kappa shape index (κ3) is 4.27. The first-order valence-corrected chi connectivity index (χ1v) is 11.8. The fraction of sp³-hybridized carbons (Fsp3) is 0.231. The highest BCUT2D eigenvalue weighted by molar-refractivity contribution is 9.10. The van der Waals surface area contributed by atoms with Crippen molar-refractivity contribution in [3.63, 3.8) is 0 Å². The molecule has 0 aliphatic heterocycles. The Morgan fingerprint density at radius 1 is 1.12 bits per heavy atom. The molecule has 6 nitrogen and oxygen atoms in total. The quantitative estimate of drug-likeness (QED) is 0.311. The normalized spacial score (nSPS) is 14.7. The maximum Gasteiger partial charge on any atom is 0.282 e. The number of aromatic nitrogens is 2. The van der Waals surface area contributed by atoms with Gasteiger partial charge in [-0.25, -0.2) is 4.98 Å². The molecular weight excluding hydrogens is 480 g/mol. The standard InChI is InChI=1S/C26H21BrN4O2/c27-19-10-12-23-22(14-19)26(32)31(25(30-23)17-6-2-1-3-7-17)29-16-20-11-13-24(33-20)21-9-5-4-8-18(21)15-28/h4-5,8-14,16-17H,1-3,6-7H2. The minimum atomic E-state index is -0.195. The highest BCUT2D eigenvalue weighted by Crippen LogP contribution is 2.32. The van der Waals surface area contributed by atoms with Crippen LogP contribution in [0.2, 0.25) is 0 Å². The summed E-state index contributed by atoms with van der Waals surface area (Å²) in [6.07, 6.45) is 7.01. The molecule has 1 aliphatic carbocycles. The zero-order valence-corrected chi connectivity index (χ0v) is 19.5. The van der Waals surface area contributed by atoms with Crippen LogP contribution >= 0.6 is 15.9 Å². The SMILES string of the molecule is N#Cc1ccccc1-c1ccc(C=Nn2c(C3CCCCC3)nc3ccc(Br)cc3c2=O)o1. The van der Waals surface area contributed by atoms with Crippen LogP contribution in [0.1, 0.15) is 55.2 Å². The van der Waals surface area contributed by atoms with Crippen LogP contribution in [0.3, 0.4) is 0 Å². The average molecular weight is 501 g/mol. The van der Waals surface area contributed by atoms with Gasteiger partial charge in [-0.15, -0.1) is 0 Å². The minimum absolute atomic E-state index is 0.195. The molecule has 0 atom stereocenters. The molecule has 0 bridgehead atoms. The number of fused-ring (bicyclic) bond motifs is 1. The predicted molar refractivity (Wildman–Crippen MR) is 131 cm³/mol. The Morgan fingerprint density at radius 3 is 2.76 bits per heavy atom. The molecule has 2 aromatic carbocycles. The summed E-state index contributed by atoms with van der Waals surface area (Å²) in [5.41, 5.74) is 1.75. The molecule has 1 saturated carbocycles. The zero-order valence-electron chi connectivity index (χ0n) is 17.9. The van der Waals surface area contributed by atoms with Crippen LogP contribution in [-0.4, -0.2) is 15.9 Å². The van der Waals surface area contributed by atoms with Crippen molar-refractivity contribution in [1.29, 1.82) is 5.26 Å². The van der Waals surface area contributed by atoms with E-state index in [1.165, 1.54) is 17.3 Å². The van der Waals surface area contributed by atoms with Crippen molar-refractivity contribution >= 4 is 33.0 Å². The third-order valence-corrected chi connectivity index (χ3v) is 6.54. The van der Waals surface area contributed by atoms with Crippen molar-refractivity contribution in [1.82, 2.24) is 9.66 Å². The second-order valence-corrected chi connectivity index (χ2v) is 9.10. The monoisotopic (exact) mass is 500 g/mol. The smallest absolute Gasteiger partial charge is 0.282 e. The molecule has 7 heteroatoms. The Labute approximate surface area is 199 Å². The van der Waals surface area contributed by atoms with Gasteiger partial charge in [-0.05, 0) is 55.3 Å². The molecule has 0 radical (unpaired) electrons. The summed E-state index contributed by atoms with van der Waals surface area (Å²) in [6.45, 7) is 0. The summed E-state index contributed by atoms with van der Waals surface area (Å²) >= 11 is 3.45. The van der Waals surface area contributed by atoms with Gasteiger partial charge in [-0.3, -0.25) is 4.79 Å². The summed E-state index contributed by atoms with van der Waals surface area (Å²) in [5.74, 6) is 1.97. The Hall–Kier alpha value is -3.50. The Kier molecular flexibility index (Phi) is 5.93. The summed E-state index contributed by atoms with van der Waals surface area (Å²) in [6, 6.07) is 18.6. The van der Waals surface area contributed by atoms with E-state index < -0.39 is 0 Å². The van der Waals surface area contributed by atoms with E-state index in [1.807, 2.05) is 30.3 Å². The van der Waals surface area contributed by atoms with Gasteiger partial charge in [0.1, 0.15) is 17.3 Å². The first-order valence-electron chi connectivity index (χ1n) is 11.0. The first-order chi connectivity index (χ1) is 16.1. The first kappa shape index (κ1) is 21.4. The van der Waals surface area contributed by atoms with Crippen LogP contribution in [0.25, 0.3) is 22.2 Å². The van der Waals surface area contributed by atoms with Gasteiger partial charge in [0.15, 0.2) is 0 Å². The van der Waals surface area contributed by atoms with Crippen molar-refractivity contribution in [3.05, 3.63) is 86.6 Å². The van der Waals surface area contributed by atoms with Crippen LogP contribution in [0, 0.1) is 11.3 Å². The number of rotatable bonds is 4. The number of halogens is 1. The van der Waals surface area contributed by atoms with E-state index in [-0.39, 0.29) is 11.5 Å². The molecule has 2 heterocycles. The summed E-state index contributed by atoms with van der Waals surface area (Å²) in [5, 5.41) is 14.4. The maximum atomic E-state index is 13.4. The second-order valence-electron chi connectivity index (χ2n) is 8.19. The van der Waals surface area contributed by atoms with Crippen LogP contribution in [0.15, 0.2) is 73.4 Å². The second kappa shape index (κ2) is 9.16. The number of hydrogen-bond donors (Lipinski definition) is 0. The molecule has 1 fully saturated rings. The predicted octanol–water partition coefficient (Wildman–Crippen LogP) is 6.22. The molecule has 4 aromatic rings. The van der Waals surface area contributed by atoms with E-state index in [1.54, 1.807) is 24.3 Å². The van der Waals surface area contributed by atoms with Crippen molar-refractivity contribution in [2.24, 2.45) is 5.10 Å². The van der Waals surface area contributed by atoms with E-state index in [0.717, 1.165) is 35.7 Å². The minimum Gasteiger partial charge on any atom is -0.455 e. The largest absolute Gasteiger partial charge is 0.455 e. The average Bonchev–Trinajstić information content (AvgIpc) is 3.33. The molecular formula is C26H21BrN4O2. The number of nitrogens with zero attached hydrogens (tertiary/aromatic N) is 4. The van der Waals surface area contributed by atoms with Gasteiger partial charge in [0.2, 0.25) is 0 Å². The molecule has 0 unspecified atom stereocenters. The Bertz CT molecular complexity index is 1460. The Morgan fingerprint density at radius 2 is 1.94 bits per heavy atom. The molecule has 33 heavy (non-hydrogen) atoms. The Balaban J connectivity index is 1.57. The summed E-state index contributed by atoms with van der Waals surface area (Å²) in [4.78, 5) is 18.2. The highest BCUT2D eigenvalue weighted by Gasteiger charge is 2.22. The summed E-state index contributed by atoms with van der Waals surface area (Å²) in [7, 11) is 0. The van der Waals surface area contributed by atoms with Crippen LogP contribution < -0.4 is 5.56 Å². The molecule has 0 N–H and O–H groups in total. The highest BCUT2D eigenvalue weighted by atomic mass is 79.9. The fourth-order valence-electron chi connectivity index (χ4n) is 4.38. The van der Waals surface area contributed by atoms with E-state index in [9.17, 15) is 10.1 Å². The number of furan rings is 1. The lowest BCUT2D eigenvalue weighted by atomic mass is 9.88. The van der Waals surface area contributed by atoms with E-state index in [0.29, 0.717) is 33.8 Å². The third-order valence-electron chi connectivity index (χ3n) is 6.04. The van der Waals surface area contributed by atoms with Crippen molar-refractivity contribution in [3.8, 4) is 17.4 Å². The lowest BCUT2D eigenvalue weighted by molar-refractivity contribution is 0.416. The van der Waals surface area contributed by atoms with E-state index in [2.05, 4.69) is 27.1 Å². The van der Waals surface area contributed by atoms with Gasteiger partial charge in [0.25, 0.3) is 5.56 Å². The number of benzene rings is 2. The van der Waals surface area contributed by atoms with Gasteiger partial charge >= 0.3 is 0 Å². The fourth-order valence-corrected chi connectivity index (χ4v) is 4.74. The van der Waals surface area contributed by atoms with Gasteiger partial charge in [0, 0.05) is 16.0 Å².